The van der Waals surface area contributed by atoms with Gasteiger partial charge in [-0.05, 0) is 25.0 Å². The van der Waals surface area contributed by atoms with Gasteiger partial charge in [0, 0.05) is 18.8 Å². The van der Waals surface area contributed by atoms with Crippen molar-refractivity contribution in [3.8, 4) is 0 Å². The molecule has 0 atom stereocenters. The zero-order valence-electron chi connectivity index (χ0n) is 12.6. The molecule has 0 aliphatic rings. The molecule has 0 aliphatic carbocycles. The molecule has 0 unspecified atom stereocenters. The van der Waals surface area contributed by atoms with Crippen molar-refractivity contribution in [3.63, 3.8) is 0 Å². The van der Waals surface area contributed by atoms with Crippen LogP contribution in [0.4, 0.5) is 5.69 Å². The van der Waals surface area contributed by atoms with E-state index in [-0.39, 0.29) is 32.1 Å². The van der Waals surface area contributed by atoms with Gasteiger partial charge in [0.15, 0.2) is 0 Å². The molecule has 0 bridgehead atoms. The maximum Gasteiger partial charge on any atom is 4.00 e. The Morgan fingerprint density at radius 2 is 1.43 bits per heavy atom. The number of carboxylic acids is 2. The molecule has 1 N–H and O–H groups in total. The summed E-state index contributed by atoms with van der Waals surface area (Å²) in [7, 11) is 0. The SMILES string of the molecule is Cc1cccc(C)c1NC(=O)CN(CC(=O)[O-])CC(=O)[O-].[O-2].[Tc+4]. The van der Waals surface area contributed by atoms with E-state index < -0.39 is 30.9 Å². The number of benzene rings is 1. The minimum Gasteiger partial charge on any atom is -2.00 e. The third kappa shape index (κ3) is 8.41. The van der Waals surface area contributed by atoms with Crippen molar-refractivity contribution in [3.05, 3.63) is 29.3 Å². The van der Waals surface area contributed by atoms with Gasteiger partial charge in [-0.2, -0.15) is 0 Å². The molecule has 1 amide bonds. The fourth-order valence-electron chi connectivity index (χ4n) is 1.93. The van der Waals surface area contributed by atoms with Crippen molar-refractivity contribution < 1.29 is 50.2 Å². The molecular weight excluding hydrogens is 390 g/mol. The Morgan fingerprint density at radius 3 is 1.83 bits per heavy atom. The summed E-state index contributed by atoms with van der Waals surface area (Å²) >= 11 is 0. The third-order valence-electron chi connectivity index (χ3n) is 2.82. The van der Waals surface area contributed by atoms with Crippen LogP contribution >= 0.6 is 0 Å². The minimum absolute atomic E-state index is 0. The molecule has 1 aromatic carbocycles. The summed E-state index contributed by atoms with van der Waals surface area (Å²) in [6.45, 7) is 1.95. The van der Waals surface area contributed by atoms with Crippen LogP contribution in [0.5, 0.6) is 0 Å². The molecule has 1 radical (unpaired) electrons. The molecule has 0 heterocycles. The second-order valence-corrected chi connectivity index (χ2v) is 4.70. The molecule has 8 nitrogen and oxygen atoms in total. The van der Waals surface area contributed by atoms with Crippen molar-refractivity contribution in [2.24, 2.45) is 0 Å². The van der Waals surface area contributed by atoms with Crippen LogP contribution < -0.4 is 15.5 Å². The van der Waals surface area contributed by atoms with E-state index in [4.69, 9.17) is 0 Å². The van der Waals surface area contributed by atoms with Crippen molar-refractivity contribution in [1.82, 2.24) is 4.90 Å². The number of aryl methyl sites for hydroxylation is 2. The molecule has 0 aliphatic heterocycles. The van der Waals surface area contributed by atoms with Crippen LogP contribution in [0.3, 0.4) is 0 Å². The van der Waals surface area contributed by atoms with Crippen LogP contribution in [0.2, 0.25) is 0 Å². The first-order valence-electron chi connectivity index (χ1n) is 6.27. The van der Waals surface area contributed by atoms with Gasteiger partial charge in [-0.1, -0.05) is 18.2 Å². The molecule has 1 rings (SSSR count). The van der Waals surface area contributed by atoms with Gasteiger partial charge in [0.1, 0.15) is 0 Å². The number of aliphatic carboxylic acids is 2. The summed E-state index contributed by atoms with van der Waals surface area (Å²) in [5.74, 6) is -3.43. The number of hydrogen-bond donors (Lipinski definition) is 1. The Bertz CT molecular complexity index is 528. The van der Waals surface area contributed by atoms with Gasteiger partial charge in [0.25, 0.3) is 0 Å². The molecule has 0 aromatic heterocycles. The largest absolute Gasteiger partial charge is 4.00 e. The number of amides is 1. The van der Waals surface area contributed by atoms with E-state index in [1.807, 2.05) is 32.0 Å². The normalized spacial score (nSPS) is 9.52. The van der Waals surface area contributed by atoms with Crippen LogP contribution in [0.15, 0.2) is 18.2 Å². The van der Waals surface area contributed by atoms with E-state index >= 15 is 0 Å². The second kappa shape index (κ2) is 10.8. The Labute approximate surface area is 147 Å². The molecule has 0 saturated heterocycles. The van der Waals surface area contributed by atoms with Gasteiger partial charge >= 0.3 is 20.1 Å². The summed E-state index contributed by atoms with van der Waals surface area (Å²) in [6, 6.07) is 5.49. The fourth-order valence-corrected chi connectivity index (χ4v) is 1.93. The molecule has 23 heavy (non-hydrogen) atoms. The van der Waals surface area contributed by atoms with Gasteiger partial charge in [0.05, 0.1) is 18.5 Å². The number of rotatable bonds is 7. The Hall–Kier alpha value is -1.80. The van der Waals surface area contributed by atoms with Crippen LogP contribution in [0.25, 0.3) is 0 Å². The number of carbonyl (C=O) groups is 3. The summed E-state index contributed by atoms with van der Waals surface area (Å²) in [4.78, 5) is 33.9. The van der Waals surface area contributed by atoms with E-state index in [0.717, 1.165) is 16.0 Å². The van der Waals surface area contributed by atoms with Crippen molar-refractivity contribution >= 4 is 23.5 Å². The van der Waals surface area contributed by atoms with Crippen LogP contribution in [-0.2, 0) is 40.0 Å². The van der Waals surface area contributed by atoms with Gasteiger partial charge in [-0.15, -0.1) is 0 Å². The van der Waals surface area contributed by atoms with Crippen molar-refractivity contribution in [1.29, 1.82) is 0 Å². The second-order valence-electron chi connectivity index (χ2n) is 4.70. The van der Waals surface area contributed by atoms with Gasteiger partial charge < -0.3 is 30.6 Å². The standard InChI is InChI=1S/C14H18N2O5.O.Tc/c1-9-4-3-5-10(2)14(9)15-11(17)6-16(7-12(18)19)8-13(20)21;;/h3-5H,6-8H2,1-2H3,(H,15,17)(H,18,19)(H,20,21);;/q;-2;+4/p-2. The van der Waals surface area contributed by atoms with Crippen molar-refractivity contribution in [2.45, 2.75) is 13.8 Å². The van der Waals surface area contributed by atoms with Crippen molar-refractivity contribution in [2.75, 3.05) is 25.0 Å². The fraction of sp³-hybridized carbons (Fsp3) is 0.357. The number of anilines is 1. The predicted molar refractivity (Wildman–Crippen MR) is 71.7 cm³/mol. The minimum atomic E-state index is -1.46. The Kier molecular flexibility index (Phi) is 11.1. The van der Waals surface area contributed by atoms with Crippen LogP contribution in [0, 0.1) is 13.8 Å². The first-order chi connectivity index (χ1) is 9.79. The maximum absolute atomic E-state index is 11.9. The monoisotopic (exact) mass is 405 g/mol. The maximum atomic E-state index is 11.9. The van der Waals surface area contributed by atoms with Gasteiger partial charge in [-0.3, -0.25) is 9.69 Å². The van der Waals surface area contributed by atoms with E-state index in [0.29, 0.717) is 5.69 Å². The molecular formula is C14H16N2O6Tc. The zero-order valence-corrected chi connectivity index (χ0v) is 14.5. The van der Waals surface area contributed by atoms with Gasteiger partial charge in [-0.25, -0.2) is 0 Å². The first kappa shape index (κ1) is 23.5. The summed E-state index contributed by atoms with van der Waals surface area (Å²) in [6.07, 6.45) is 0. The molecule has 9 heteroatoms. The number of hydrogen-bond acceptors (Lipinski definition) is 6. The first-order valence-corrected chi connectivity index (χ1v) is 6.27. The summed E-state index contributed by atoms with van der Waals surface area (Å²) < 4.78 is 0. The number of para-hydroxylation sites is 1. The van der Waals surface area contributed by atoms with E-state index in [9.17, 15) is 24.6 Å². The topological polar surface area (TPSA) is 141 Å². The Morgan fingerprint density at radius 1 is 1.00 bits per heavy atom. The number of nitrogens with one attached hydrogen (secondary N) is 1. The van der Waals surface area contributed by atoms with E-state index in [2.05, 4.69) is 5.32 Å². The summed E-state index contributed by atoms with van der Waals surface area (Å²) in [5, 5.41) is 23.7. The average molecular weight is 406 g/mol. The quantitative estimate of drug-likeness (QED) is 0.551. The average Bonchev–Trinajstić information content (AvgIpc) is 2.32. The van der Waals surface area contributed by atoms with Crippen LogP contribution in [0.1, 0.15) is 11.1 Å². The third-order valence-corrected chi connectivity index (χ3v) is 2.82. The number of carbonyl (C=O) groups excluding carboxylic acids is 3. The number of carboxylic acid groups (broad SMARTS) is 2. The van der Waals surface area contributed by atoms with Crippen LogP contribution in [-0.4, -0.2) is 42.4 Å². The van der Waals surface area contributed by atoms with E-state index in [1.165, 1.54) is 0 Å². The molecule has 125 valence electrons. The zero-order chi connectivity index (χ0) is 16.0. The van der Waals surface area contributed by atoms with E-state index in [1.54, 1.807) is 0 Å². The smallest absolute Gasteiger partial charge is 2.00 e. The molecule has 1 aromatic rings. The molecule has 0 spiro atoms. The predicted octanol–water partition coefficient (Wildman–Crippen LogP) is -2.08. The van der Waals surface area contributed by atoms with Gasteiger partial charge in [0.2, 0.25) is 5.91 Å². The molecule has 0 saturated carbocycles. The number of nitrogens with zero attached hydrogens (tertiary/aromatic N) is 1. The summed E-state index contributed by atoms with van der Waals surface area (Å²) in [5.41, 5.74) is 2.34. The molecule has 0 fully saturated rings. The Balaban J connectivity index is 0.